The van der Waals surface area contributed by atoms with Crippen LogP contribution in [-0.4, -0.2) is 0 Å². The highest BCUT2D eigenvalue weighted by Gasteiger charge is 2.01. The van der Waals surface area contributed by atoms with Gasteiger partial charge in [0.15, 0.2) is 0 Å². The molecule has 0 heterocycles. The van der Waals surface area contributed by atoms with Crippen LogP contribution in [0, 0.1) is 5.82 Å². The fraction of sp³-hybridized carbons (Fsp3) is 0.0769. The van der Waals surface area contributed by atoms with E-state index >= 15 is 0 Å². The first-order valence-electron chi connectivity index (χ1n) is 4.97. The molecule has 0 fully saturated rings. The molecule has 2 aromatic rings. The van der Waals surface area contributed by atoms with Gasteiger partial charge in [-0.05, 0) is 42.0 Å². The van der Waals surface area contributed by atoms with Gasteiger partial charge in [-0.25, -0.2) is 4.39 Å². The molecule has 88 valence electrons. The Kier molecular flexibility index (Phi) is 4.32. The Morgan fingerprint density at radius 1 is 1.00 bits per heavy atom. The second kappa shape index (κ2) is 5.76. The predicted octanol–water partition coefficient (Wildman–Crippen LogP) is 5.42. The number of benzene rings is 2. The lowest BCUT2D eigenvalue weighted by molar-refractivity contribution is 0.628. The Labute approximate surface area is 114 Å². The topological polar surface area (TPSA) is 0 Å². The molecule has 2 rings (SSSR count). The largest absolute Gasteiger partial charge is 0.205 e. The first-order chi connectivity index (χ1) is 8.15. The molecule has 0 unspecified atom stereocenters. The van der Waals surface area contributed by atoms with E-state index in [9.17, 15) is 4.39 Å². The van der Waals surface area contributed by atoms with Crippen molar-refractivity contribution in [1.29, 1.82) is 0 Å². The summed E-state index contributed by atoms with van der Waals surface area (Å²) in [5.41, 5.74) is 0.997. The van der Waals surface area contributed by atoms with Crippen molar-refractivity contribution >= 4 is 35.0 Å². The summed E-state index contributed by atoms with van der Waals surface area (Å²) in [5.74, 6) is 0.369. The maximum atomic E-state index is 13.0. The van der Waals surface area contributed by atoms with Gasteiger partial charge >= 0.3 is 0 Å². The predicted molar refractivity (Wildman–Crippen MR) is 72.4 cm³/mol. The first kappa shape index (κ1) is 12.7. The van der Waals surface area contributed by atoms with Crippen LogP contribution < -0.4 is 0 Å². The zero-order valence-electron chi connectivity index (χ0n) is 8.79. The molecule has 0 aromatic heterocycles. The lowest BCUT2D eigenvalue weighted by atomic mass is 10.2. The fourth-order valence-corrected chi connectivity index (χ4v) is 2.50. The molecule has 0 amide bonds. The average Bonchev–Trinajstić information content (AvgIpc) is 2.33. The Bertz CT molecular complexity index is 511. The second-order valence-corrected chi connectivity index (χ2v) is 5.38. The monoisotopic (exact) mass is 286 g/mol. The van der Waals surface area contributed by atoms with Crippen molar-refractivity contribution in [2.75, 3.05) is 0 Å². The number of hydrogen-bond donors (Lipinski definition) is 0. The van der Waals surface area contributed by atoms with Gasteiger partial charge in [-0.2, -0.15) is 0 Å². The highest BCUT2D eigenvalue weighted by Crippen LogP contribution is 2.26. The first-order valence-corrected chi connectivity index (χ1v) is 6.71. The smallest absolute Gasteiger partial charge is 0.141 e. The summed E-state index contributed by atoms with van der Waals surface area (Å²) in [6.07, 6.45) is 0. The number of halogens is 3. The van der Waals surface area contributed by atoms with Crippen molar-refractivity contribution in [2.24, 2.45) is 0 Å². The van der Waals surface area contributed by atoms with Gasteiger partial charge in [0.2, 0.25) is 0 Å². The van der Waals surface area contributed by atoms with Crippen LogP contribution in [0.15, 0.2) is 47.4 Å². The zero-order chi connectivity index (χ0) is 12.3. The van der Waals surface area contributed by atoms with E-state index in [2.05, 4.69) is 0 Å². The van der Waals surface area contributed by atoms with Gasteiger partial charge in [-0.3, -0.25) is 0 Å². The standard InChI is InChI=1S/C13H9Cl2FS/c14-10-2-4-11(5-3-10)17-8-9-1-6-13(16)12(15)7-9/h1-7H,8H2. The molecule has 0 atom stereocenters. The highest BCUT2D eigenvalue weighted by molar-refractivity contribution is 7.98. The van der Waals surface area contributed by atoms with Gasteiger partial charge in [-0.1, -0.05) is 29.3 Å². The van der Waals surface area contributed by atoms with Crippen molar-refractivity contribution in [3.05, 3.63) is 63.9 Å². The van der Waals surface area contributed by atoms with E-state index in [-0.39, 0.29) is 10.8 Å². The van der Waals surface area contributed by atoms with Crippen molar-refractivity contribution in [3.8, 4) is 0 Å². The quantitative estimate of drug-likeness (QED) is 0.679. The normalized spacial score (nSPS) is 10.5. The van der Waals surface area contributed by atoms with Crippen molar-refractivity contribution < 1.29 is 4.39 Å². The summed E-state index contributed by atoms with van der Waals surface area (Å²) in [5, 5.41) is 0.887. The average molecular weight is 287 g/mol. The SMILES string of the molecule is Fc1ccc(CSc2ccc(Cl)cc2)cc1Cl. The molecule has 2 aromatic carbocycles. The van der Waals surface area contributed by atoms with E-state index in [1.807, 2.05) is 24.3 Å². The summed E-state index contributed by atoms with van der Waals surface area (Å²) in [4.78, 5) is 1.12. The maximum Gasteiger partial charge on any atom is 0.141 e. The minimum absolute atomic E-state index is 0.166. The lowest BCUT2D eigenvalue weighted by Crippen LogP contribution is -1.83. The highest BCUT2D eigenvalue weighted by atomic mass is 35.5. The lowest BCUT2D eigenvalue weighted by Gasteiger charge is -2.03. The van der Waals surface area contributed by atoms with Crippen LogP contribution in [-0.2, 0) is 5.75 Å². The van der Waals surface area contributed by atoms with Gasteiger partial charge < -0.3 is 0 Å². The Balaban J connectivity index is 2.02. The zero-order valence-corrected chi connectivity index (χ0v) is 11.1. The summed E-state index contributed by atoms with van der Waals surface area (Å²) < 4.78 is 13.0. The molecule has 4 heteroatoms. The van der Waals surface area contributed by atoms with Crippen LogP contribution in [0.4, 0.5) is 4.39 Å². The van der Waals surface area contributed by atoms with Crippen LogP contribution in [0.1, 0.15) is 5.56 Å². The van der Waals surface area contributed by atoms with Crippen LogP contribution in [0.2, 0.25) is 10.0 Å². The fourth-order valence-electron chi connectivity index (χ4n) is 1.33. The molecule has 17 heavy (non-hydrogen) atoms. The minimum atomic E-state index is -0.382. The molecule has 0 bridgehead atoms. The minimum Gasteiger partial charge on any atom is -0.205 e. The van der Waals surface area contributed by atoms with E-state index < -0.39 is 0 Å². The summed E-state index contributed by atoms with van der Waals surface area (Å²) in [7, 11) is 0. The van der Waals surface area contributed by atoms with E-state index in [1.165, 1.54) is 6.07 Å². The third kappa shape index (κ3) is 3.63. The van der Waals surface area contributed by atoms with Gasteiger partial charge in [0, 0.05) is 15.7 Å². The van der Waals surface area contributed by atoms with Crippen molar-refractivity contribution in [3.63, 3.8) is 0 Å². The van der Waals surface area contributed by atoms with Crippen molar-refractivity contribution in [2.45, 2.75) is 10.6 Å². The third-order valence-electron chi connectivity index (χ3n) is 2.20. The van der Waals surface area contributed by atoms with E-state index in [1.54, 1.807) is 23.9 Å². The molecule has 0 aliphatic rings. The molecule has 0 saturated heterocycles. The number of thioether (sulfide) groups is 1. The summed E-state index contributed by atoms with van der Waals surface area (Å²) in [6.45, 7) is 0. The molecule has 0 spiro atoms. The molecular formula is C13H9Cl2FS. The molecule has 0 nitrogen and oxygen atoms in total. The molecular weight excluding hydrogens is 278 g/mol. The van der Waals surface area contributed by atoms with Gasteiger partial charge in [0.25, 0.3) is 0 Å². The molecule has 0 radical (unpaired) electrons. The third-order valence-corrected chi connectivity index (χ3v) is 3.83. The molecule has 0 N–H and O–H groups in total. The Morgan fingerprint density at radius 3 is 2.35 bits per heavy atom. The van der Waals surface area contributed by atoms with Crippen molar-refractivity contribution in [1.82, 2.24) is 0 Å². The Hall–Kier alpha value is -0.700. The number of hydrogen-bond acceptors (Lipinski definition) is 1. The Morgan fingerprint density at radius 2 is 1.71 bits per heavy atom. The number of rotatable bonds is 3. The van der Waals surface area contributed by atoms with E-state index in [4.69, 9.17) is 23.2 Å². The molecule has 0 aliphatic heterocycles. The van der Waals surface area contributed by atoms with Crippen LogP contribution >= 0.6 is 35.0 Å². The van der Waals surface area contributed by atoms with E-state index in [0.29, 0.717) is 0 Å². The second-order valence-electron chi connectivity index (χ2n) is 3.49. The van der Waals surface area contributed by atoms with E-state index in [0.717, 1.165) is 21.2 Å². The van der Waals surface area contributed by atoms with Gasteiger partial charge in [0.05, 0.1) is 5.02 Å². The molecule has 0 saturated carbocycles. The van der Waals surface area contributed by atoms with Gasteiger partial charge in [-0.15, -0.1) is 11.8 Å². The molecule has 0 aliphatic carbocycles. The van der Waals surface area contributed by atoms with Crippen LogP contribution in [0.25, 0.3) is 0 Å². The van der Waals surface area contributed by atoms with Gasteiger partial charge in [0.1, 0.15) is 5.82 Å². The summed E-state index contributed by atoms with van der Waals surface area (Å²) in [6, 6.07) is 12.4. The van der Waals surface area contributed by atoms with Crippen LogP contribution in [0.5, 0.6) is 0 Å². The summed E-state index contributed by atoms with van der Waals surface area (Å²) >= 11 is 13.2. The maximum absolute atomic E-state index is 13.0. The van der Waals surface area contributed by atoms with Crippen LogP contribution in [0.3, 0.4) is 0 Å².